The molecule has 0 bridgehead atoms. The Morgan fingerprint density at radius 3 is 3.14 bits per heavy atom. The molecule has 0 aliphatic carbocycles. The molecule has 14 heavy (non-hydrogen) atoms. The zero-order valence-corrected chi connectivity index (χ0v) is 7.90. The van der Waals surface area contributed by atoms with Crippen molar-refractivity contribution in [3.05, 3.63) is 36.2 Å². The van der Waals surface area contributed by atoms with E-state index >= 15 is 0 Å². The van der Waals surface area contributed by atoms with Crippen LogP contribution in [0.1, 0.15) is 5.89 Å². The summed E-state index contributed by atoms with van der Waals surface area (Å²) in [6.45, 7) is 0.652. The lowest BCUT2D eigenvalue weighted by Gasteiger charge is -1.98. The summed E-state index contributed by atoms with van der Waals surface area (Å²) < 4.78 is 5.21. The van der Waals surface area contributed by atoms with Gasteiger partial charge in [-0.2, -0.15) is 0 Å². The molecule has 0 amide bonds. The zero-order valence-electron chi connectivity index (χ0n) is 7.90. The summed E-state index contributed by atoms with van der Waals surface area (Å²) in [5.74, 6) is 0.628. The van der Waals surface area contributed by atoms with Gasteiger partial charge in [-0.15, -0.1) is 0 Å². The van der Waals surface area contributed by atoms with Crippen molar-refractivity contribution >= 4 is 11.8 Å². The van der Waals surface area contributed by atoms with Crippen LogP contribution in [0.15, 0.2) is 39.7 Å². The molecule has 0 saturated heterocycles. The van der Waals surface area contributed by atoms with Crippen LogP contribution in [-0.4, -0.2) is 24.8 Å². The Morgan fingerprint density at radius 1 is 1.50 bits per heavy atom. The van der Waals surface area contributed by atoms with Gasteiger partial charge in [0.2, 0.25) is 5.89 Å². The van der Waals surface area contributed by atoms with Gasteiger partial charge in [0, 0.05) is 18.8 Å². The second kappa shape index (κ2) is 3.91. The van der Waals surface area contributed by atoms with E-state index in [0.29, 0.717) is 12.4 Å². The molecule has 0 fully saturated rings. The number of nitrogens with one attached hydrogen (secondary N) is 1. The first-order chi connectivity index (χ1) is 6.90. The lowest BCUT2D eigenvalue weighted by Crippen LogP contribution is -2.06. The third-order valence-corrected chi connectivity index (χ3v) is 1.93. The Bertz CT molecular complexity index is 388. The molecule has 1 aromatic heterocycles. The second-order valence-electron chi connectivity index (χ2n) is 2.84. The van der Waals surface area contributed by atoms with E-state index in [0.717, 1.165) is 11.3 Å². The monoisotopic (exact) mass is 189 g/mol. The molecule has 1 N–H and O–H groups in total. The zero-order chi connectivity index (χ0) is 9.80. The number of hydrogen-bond acceptors (Lipinski definition) is 4. The van der Waals surface area contributed by atoms with Crippen LogP contribution in [0, 0.1) is 0 Å². The number of hydrogen-bond donors (Lipinski definition) is 1. The van der Waals surface area contributed by atoms with Crippen LogP contribution < -0.4 is 5.32 Å². The van der Waals surface area contributed by atoms with Crippen molar-refractivity contribution in [3.8, 4) is 0 Å². The number of aromatic nitrogens is 1. The second-order valence-corrected chi connectivity index (χ2v) is 2.84. The van der Waals surface area contributed by atoms with Crippen molar-refractivity contribution in [2.24, 2.45) is 4.99 Å². The fourth-order valence-corrected chi connectivity index (χ4v) is 1.22. The minimum atomic E-state index is 0.628. The molecule has 4 nitrogen and oxygen atoms in total. The molecule has 0 radical (unpaired) electrons. The number of oxazole rings is 1. The molecule has 4 heteroatoms. The van der Waals surface area contributed by atoms with Gasteiger partial charge in [-0.3, -0.25) is 4.99 Å². The first kappa shape index (κ1) is 8.74. The van der Waals surface area contributed by atoms with Gasteiger partial charge < -0.3 is 9.73 Å². The van der Waals surface area contributed by atoms with Crippen LogP contribution >= 0.6 is 0 Å². The maximum Gasteiger partial charge on any atom is 0.225 e. The minimum Gasteiger partial charge on any atom is -0.445 e. The Labute approximate surface area is 82.1 Å². The van der Waals surface area contributed by atoms with E-state index in [1.165, 1.54) is 0 Å². The summed E-state index contributed by atoms with van der Waals surface area (Å²) in [6, 6.07) is 0. The van der Waals surface area contributed by atoms with Crippen molar-refractivity contribution in [3.63, 3.8) is 0 Å². The molecule has 72 valence electrons. The molecule has 0 aromatic carbocycles. The van der Waals surface area contributed by atoms with Gasteiger partial charge in [0.15, 0.2) is 0 Å². The van der Waals surface area contributed by atoms with Crippen molar-refractivity contribution in [1.82, 2.24) is 10.3 Å². The molecule has 2 heterocycles. The van der Waals surface area contributed by atoms with E-state index in [9.17, 15) is 0 Å². The average Bonchev–Trinajstić information content (AvgIpc) is 2.63. The number of aliphatic imine (C=N–C) groups is 1. The largest absolute Gasteiger partial charge is 0.445 e. The summed E-state index contributed by atoms with van der Waals surface area (Å²) in [4.78, 5) is 8.27. The van der Waals surface area contributed by atoms with Crippen LogP contribution in [0.3, 0.4) is 0 Å². The van der Waals surface area contributed by atoms with E-state index in [2.05, 4.69) is 15.3 Å². The Hall–Kier alpha value is -1.84. The standard InChI is InChI=1S/C10H11N3O/c1-11-9-6-8(2-3-12-7-9)10-13-4-5-14-10/h2,4-7,11H,3H2,1H3. The van der Waals surface area contributed by atoms with Gasteiger partial charge in [-0.05, 0) is 6.08 Å². The highest BCUT2D eigenvalue weighted by atomic mass is 16.3. The molecule has 0 saturated carbocycles. The fourth-order valence-electron chi connectivity index (χ4n) is 1.22. The van der Waals surface area contributed by atoms with E-state index in [1.807, 2.05) is 19.2 Å². The van der Waals surface area contributed by atoms with Crippen molar-refractivity contribution < 1.29 is 4.42 Å². The predicted octanol–water partition coefficient (Wildman–Crippen LogP) is 1.25. The molecule has 0 spiro atoms. The predicted molar refractivity (Wildman–Crippen MR) is 55.0 cm³/mol. The van der Waals surface area contributed by atoms with Gasteiger partial charge in [-0.1, -0.05) is 6.08 Å². The normalized spacial score (nSPS) is 15.8. The maximum absolute atomic E-state index is 5.21. The summed E-state index contributed by atoms with van der Waals surface area (Å²) in [5, 5.41) is 3.04. The van der Waals surface area contributed by atoms with E-state index in [1.54, 1.807) is 18.7 Å². The van der Waals surface area contributed by atoms with Crippen LogP contribution in [0.5, 0.6) is 0 Å². The van der Waals surface area contributed by atoms with Gasteiger partial charge >= 0.3 is 0 Å². The highest BCUT2D eigenvalue weighted by Crippen LogP contribution is 2.15. The van der Waals surface area contributed by atoms with E-state index < -0.39 is 0 Å². The van der Waals surface area contributed by atoms with Crippen molar-refractivity contribution in [2.45, 2.75) is 0 Å². The Morgan fingerprint density at radius 2 is 2.43 bits per heavy atom. The van der Waals surface area contributed by atoms with Crippen LogP contribution in [0.4, 0.5) is 0 Å². The summed E-state index contributed by atoms with van der Waals surface area (Å²) in [5.41, 5.74) is 1.91. The third kappa shape index (κ3) is 1.74. The first-order valence-corrected chi connectivity index (χ1v) is 4.39. The molecule has 2 rings (SSSR count). The lowest BCUT2D eigenvalue weighted by atomic mass is 10.2. The number of allylic oxidation sites excluding steroid dienone is 3. The first-order valence-electron chi connectivity index (χ1n) is 4.39. The van der Waals surface area contributed by atoms with Gasteiger partial charge in [0.05, 0.1) is 18.4 Å². The van der Waals surface area contributed by atoms with Crippen LogP contribution in [0.25, 0.3) is 5.57 Å². The quantitative estimate of drug-likeness (QED) is 0.761. The number of nitrogens with zero attached hydrogens (tertiary/aromatic N) is 2. The van der Waals surface area contributed by atoms with E-state index in [4.69, 9.17) is 4.42 Å². The Kier molecular flexibility index (Phi) is 2.44. The van der Waals surface area contributed by atoms with Crippen LogP contribution in [0.2, 0.25) is 0 Å². The Balaban J connectivity index is 2.32. The third-order valence-electron chi connectivity index (χ3n) is 1.93. The highest BCUT2D eigenvalue weighted by Gasteiger charge is 2.05. The number of rotatable bonds is 2. The molecular formula is C10H11N3O. The van der Waals surface area contributed by atoms with Gasteiger partial charge in [0.1, 0.15) is 6.26 Å². The highest BCUT2D eigenvalue weighted by molar-refractivity contribution is 5.85. The van der Waals surface area contributed by atoms with Crippen molar-refractivity contribution in [2.75, 3.05) is 13.6 Å². The molecule has 0 atom stereocenters. The fraction of sp³-hybridized carbons (Fsp3) is 0.200. The summed E-state index contributed by atoms with van der Waals surface area (Å²) in [7, 11) is 1.86. The van der Waals surface area contributed by atoms with Gasteiger partial charge in [0.25, 0.3) is 0 Å². The summed E-state index contributed by atoms with van der Waals surface area (Å²) >= 11 is 0. The van der Waals surface area contributed by atoms with Crippen molar-refractivity contribution in [1.29, 1.82) is 0 Å². The molecular weight excluding hydrogens is 178 g/mol. The SMILES string of the molecule is CNC1=CC(c2ncco2)=CCN=C1. The maximum atomic E-state index is 5.21. The molecule has 0 unspecified atom stereocenters. The average molecular weight is 189 g/mol. The van der Waals surface area contributed by atoms with Gasteiger partial charge in [-0.25, -0.2) is 4.98 Å². The molecule has 1 aromatic rings. The topological polar surface area (TPSA) is 50.4 Å². The molecule has 1 aliphatic heterocycles. The smallest absolute Gasteiger partial charge is 0.225 e. The summed E-state index contributed by atoms with van der Waals surface area (Å²) in [6.07, 6.45) is 8.94. The minimum absolute atomic E-state index is 0.628. The van der Waals surface area contributed by atoms with E-state index in [-0.39, 0.29) is 0 Å². The lowest BCUT2D eigenvalue weighted by molar-refractivity contribution is 0.543. The van der Waals surface area contributed by atoms with Crippen LogP contribution in [-0.2, 0) is 0 Å². The molecule has 1 aliphatic rings.